The second kappa shape index (κ2) is 5.64. The van der Waals surface area contributed by atoms with Gasteiger partial charge in [-0.25, -0.2) is 4.79 Å². The van der Waals surface area contributed by atoms with Gasteiger partial charge in [0.1, 0.15) is 5.54 Å². The van der Waals surface area contributed by atoms with Crippen LogP contribution in [0.3, 0.4) is 0 Å². The van der Waals surface area contributed by atoms with E-state index in [1.54, 1.807) is 17.8 Å². The van der Waals surface area contributed by atoms with Gasteiger partial charge in [-0.15, -0.1) is 0 Å². The van der Waals surface area contributed by atoms with E-state index in [4.69, 9.17) is 0 Å². The molecule has 1 fully saturated rings. The van der Waals surface area contributed by atoms with Crippen molar-refractivity contribution in [3.8, 4) is 0 Å². The van der Waals surface area contributed by atoms with Crippen molar-refractivity contribution in [1.82, 2.24) is 14.7 Å². The highest BCUT2D eigenvalue weighted by Gasteiger charge is 2.43. The molecule has 0 unspecified atom stereocenters. The van der Waals surface area contributed by atoms with E-state index in [0.29, 0.717) is 25.8 Å². The molecule has 6 heteroatoms. The number of hydrogen-bond acceptors (Lipinski definition) is 3. The molecule has 1 amide bonds. The molecule has 6 nitrogen and oxygen atoms in total. The summed E-state index contributed by atoms with van der Waals surface area (Å²) in [5.74, 6) is -0.998. The molecule has 2 rings (SSSR count). The number of nitrogens with zero attached hydrogens (tertiary/aromatic N) is 3. The maximum absolute atomic E-state index is 12.4. The molecular weight excluding hydrogens is 258 g/mol. The number of carboxylic acid groups (broad SMARTS) is 1. The highest BCUT2D eigenvalue weighted by molar-refractivity contribution is 5.87. The summed E-state index contributed by atoms with van der Waals surface area (Å²) in [7, 11) is 1.84. The minimum atomic E-state index is -1.05. The van der Waals surface area contributed by atoms with Gasteiger partial charge in [0.25, 0.3) is 0 Å². The Morgan fingerprint density at radius 3 is 2.80 bits per heavy atom. The van der Waals surface area contributed by atoms with Crippen LogP contribution in [-0.2, 0) is 23.1 Å². The van der Waals surface area contributed by atoms with Crippen LogP contribution in [0, 0.1) is 0 Å². The van der Waals surface area contributed by atoms with Gasteiger partial charge in [-0.05, 0) is 38.7 Å². The maximum Gasteiger partial charge on any atom is 0.329 e. The van der Waals surface area contributed by atoms with Crippen molar-refractivity contribution in [2.75, 3.05) is 6.54 Å². The monoisotopic (exact) mass is 279 g/mol. The van der Waals surface area contributed by atoms with Crippen LogP contribution < -0.4 is 0 Å². The third-order valence-electron chi connectivity index (χ3n) is 4.17. The zero-order chi connectivity index (χ0) is 14.8. The number of aliphatic carboxylic acids is 1. The number of piperidine rings is 1. The summed E-state index contributed by atoms with van der Waals surface area (Å²) in [6.45, 7) is 2.18. The van der Waals surface area contributed by atoms with Crippen molar-refractivity contribution >= 4 is 11.9 Å². The van der Waals surface area contributed by atoms with Crippen molar-refractivity contribution < 1.29 is 14.7 Å². The molecule has 0 bridgehead atoms. The van der Waals surface area contributed by atoms with Crippen LogP contribution in [0.4, 0.5) is 0 Å². The normalized spacial score (nSPS) is 22.8. The second-order valence-corrected chi connectivity index (χ2v) is 5.53. The number of likely N-dealkylation sites (tertiary alicyclic amines) is 1. The smallest absolute Gasteiger partial charge is 0.329 e. The molecule has 1 N–H and O–H groups in total. The minimum Gasteiger partial charge on any atom is -0.480 e. The van der Waals surface area contributed by atoms with E-state index in [9.17, 15) is 14.7 Å². The summed E-state index contributed by atoms with van der Waals surface area (Å²) in [5, 5.41) is 13.5. The molecular formula is C14H21N3O3. The van der Waals surface area contributed by atoms with E-state index >= 15 is 0 Å². The van der Waals surface area contributed by atoms with Crippen LogP contribution >= 0.6 is 0 Å². The Bertz CT molecular complexity index is 512. The molecule has 1 aliphatic rings. The molecule has 0 aromatic carbocycles. The second-order valence-electron chi connectivity index (χ2n) is 5.53. The molecule has 110 valence electrons. The molecule has 1 aliphatic heterocycles. The third kappa shape index (κ3) is 2.69. The molecule has 0 saturated carbocycles. The number of carbonyl (C=O) groups is 2. The lowest BCUT2D eigenvalue weighted by molar-refractivity contribution is -0.161. The fourth-order valence-electron chi connectivity index (χ4n) is 2.76. The lowest BCUT2D eigenvalue weighted by Crippen LogP contribution is -2.57. The van der Waals surface area contributed by atoms with Crippen molar-refractivity contribution in [2.45, 2.75) is 44.6 Å². The van der Waals surface area contributed by atoms with Crippen LogP contribution in [-0.4, -0.2) is 43.7 Å². The van der Waals surface area contributed by atoms with Gasteiger partial charge in [0.05, 0.1) is 0 Å². The zero-order valence-corrected chi connectivity index (χ0v) is 12.0. The Hall–Kier alpha value is -1.85. The number of carboxylic acids is 1. The lowest BCUT2D eigenvalue weighted by atomic mass is 9.88. The van der Waals surface area contributed by atoms with E-state index in [0.717, 1.165) is 18.5 Å². The van der Waals surface area contributed by atoms with E-state index in [2.05, 4.69) is 5.10 Å². The molecule has 20 heavy (non-hydrogen) atoms. The summed E-state index contributed by atoms with van der Waals surface area (Å²) in [6, 6.07) is 1.87. The Morgan fingerprint density at radius 1 is 1.45 bits per heavy atom. The Kier molecular flexibility index (Phi) is 4.11. The number of carbonyl (C=O) groups excluding carboxylic acids is 1. The van der Waals surface area contributed by atoms with Gasteiger partial charge in [0, 0.05) is 31.9 Å². The van der Waals surface area contributed by atoms with Gasteiger partial charge in [0.15, 0.2) is 0 Å². The zero-order valence-electron chi connectivity index (χ0n) is 12.0. The highest BCUT2D eigenvalue weighted by Crippen LogP contribution is 2.29. The number of aryl methyl sites for hydroxylation is 2. The van der Waals surface area contributed by atoms with Crippen LogP contribution in [0.25, 0.3) is 0 Å². The van der Waals surface area contributed by atoms with Crippen LogP contribution in [0.15, 0.2) is 12.3 Å². The molecule has 1 saturated heterocycles. The van der Waals surface area contributed by atoms with Gasteiger partial charge < -0.3 is 10.0 Å². The minimum absolute atomic E-state index is 0.0872. The quantitative estimate of drug-likeness (QED) is 0.899. The van der Waals surface area contributed by atoms with Crippen LogP contribution in [0.2, 0.25) is 0 Å². The van der Waals surface area contributed by atoms with E-state index in [1.165, 1.54) is 4.90 Å². The fourth-order valence-corrected chi connectivity index (χ4v) is 2.76. The Balaban J connectivity index is 2.03. The first kappa shape index (κ1) is 14.6. The molecule has 1 aromatic heterocycles. The predicted molar refractivity (Wildman–Crippen MR) is 73.1 cm³/mol. The summed E-state index contributed by atoms with van der Waals surface area (Å²) in [5.41, 5.74) is -0.0747. The predicted octanol–water partition coefficient (Wildman–Crippen LogP) is 1.21. The average Bonchev–Trinajstić information content (AvgIpc) is 2.82. The van der Waals surface area contributed by atoms with Gasteiger partial charge in [-0.3, -0.25) is 9.48 Å². The number of amides is 1. The lowest BCUT2D eigenvalue weighted by Gasteiger charge is -2.41. The molecule has 1 aromatic rings. The van der Waals surface area contributed by atoms with Crippen LogP contribution in [0.1, 0.15) is 38.3 Å². The first-order chi connectivity index (χ1) is 9.45. The summed E-state index contributed by atoms with van der Waals surface area (Å²) < 4.78 is 1.74. The van der Waals surface area contributed by atoms with Crippen molar-refractivity contribution in [3.63, 3.8) is 0 Å². The topological polar surface area (TPSA) is 75.4 Å². The van der Waals surface area contributed by atoms with E-state index in [-0.39, 0.29) is 5.91 Å². The van der Waals surface area contributed by atoms with Gasteiger partial charge in [-0.1, -0.05) is 0 Å². The maximum atomic E-state index is 12.4. The number of rotatable bonds is 4. The first-order valence-electron chi connectivity index (χ1n) is 6.96. The highest BCUT2D eigenvalue weighted by atomic mass is 16.4. The van der Waals surface area contributed by atoms with E-state index < -0.39 is 11.5 Å². The van der Waals surface area contributed by atoms with Crippen LogP contribution in [0.5, 0.6) is 0 Å². The molecule has 0 radical (unpaired) electrons. The summed E-state index contributed by atoms with van der Waals surface area (Å²) in [4.78, 5) is 25.4. The van der Waals surface area contributed by atoms with Gasteiger partial charge >= 0.3 is 5.97 Å². The first-order valence-corrected chi connectivity index (χ1v) is 6.96. The van der Waals surface area contributed by atoms with Gasteiger partial charge in [-0.2, -0.15) is 5.10 Å². The SMILES string of the molecule is Cn1nccc1CCC(=O)N1CCCC[C@]1(C)C(=O)O. The molecule has 1 atom stereocenters. The Morgan fingerprint density at radius 2 is 2.20 bits per heavy atom. The van der Waals surface area contributed by atoms with Crippen molar-refractivity contribution in [1.29, 1.82) is 0 Å². The standard InChI is InChI=1S/C14H21N3O3/c1-14(13(19)20)8-3-4-10-17(14)12(18)6-5-11-7-9-15-16(11)2/h7,9H,3-6,8,10H2,1-2H3,(H,19,20)/t14-/m1/s1. The Labute approximate surface area is 118 Å². The molecule has 0 spiro atoms. The van der Waals surface area contributed by atoms with Crippen molar-refractivity contribution in [2.24, 2.45) is 7.05 Å². The number of aromatic nitrogens is 2. The summed E-state index contributed by atoms with van der Waals surface area (Å²) >= 11 is 0. The molecule has 0 aliphatic carbocycles. The third-order valence-corrected chi connectivity index (χ3v) is 4.17. The molecule has 2 heterocycles. The van der Waals surface area contributed by atoms with E-state index in [1.807, 2.05) is 13.1 Å². The van der Waals surface area contributed by atoms with Crippen molar-refractivity contribution in [3.05, 3.63) is 18.0 Å². The average molecular weight is 279 g/mol. The summed E-state index contributed by atoms with van der Waals surface area (Å²) in [6.07, 6.45) is 4.86. The largest absolute Gasteiger partial charge is 0.480 e. The fraction of sp³-hybridized carbons (Fsp3) is 0.643. The van der Waals surface area contributed by atoms with Gasteiger partial charge in [0.2, 0.25) is 5.91 Å². The number of hydrogen-bond donors (Lipinski definition) is 1.